The molecule has 78 valence electrons. The van der Waals surface area contributed by atoms with E-state index in [1.807, 2.05) is 25.1 Å². The lowest BCUT2D eigenvalue weighted by Crippen LogP contribution is -2.63. The van der Waals surface area contributed by atoms with Crippen molar-refractivity contribution < 1.29 is 0 Å². The molecule has 1 heterocycles. The van der Waals surface area contributed by atoms with Crippen LogP contribution in [0.5, 0.6) is 0 Å². The van der Waals surface area contributed by atoms with Gasteiger partial charge in [-0.25, -0.2) is 0 Å². The first kappa shape index (κ1) is 11.8. The number of hydrogen-bond acceptors (Lipinski definition) is 2. The van der Waals surface area contributed by atoms with Crippen LogP contribution < -0.4 is 11.1 Å². The maximum Gasteiger partial charge on any atom is 0.0664 e. The maximum atomic E-state index is 6.17. The summed E-state index contributed by atoms with van der Waals surface area (Å²) in [5.74, 6) is 0. The molecule has 0 amide bonds. The van der Waals surface area contributed by atoms with Crippen LogP contribution in [-0.2, 0) is 5.54 Å². The number of nitrogens with two attached hydrogens (primary N) is 1. The Morgan fingerprint density at radius 2 is 2.07 bits per heavy atom. The Morgan fingerprint density at radius 1 is 1.43 bits per heavy atom. The van der Waals surface area contributed by atoms with Crippen molar-refractivity contribution in [2.75, 3.05) is 13.1 Å². The van der Waals surface area contributed by atoms with Crippen LogP contribution in [0.2, 0.25) is 5.02 Å². The zero-order valence-corrected chi connectivity index (χ0v) is 9.58. The van der Waals surface area contributed by atoms with E-state index < -0.39 is 0 Å². The molecule has 2 nitrogen and oxygen atoms in total. The summed E-state index contributed by atoms with van der Waals surface area (Å²) in [5, 5.41) is 3.96. The van der Waals surface area contributed by atoms with Gasteiger partial charge in [0, 0.05) is 18.1 Å². The average Bonchev–Trinajstić information content (AvgIpc) is 2.00. The number of aryl methyl sites for hydroxylation is 1. The van der Waals surface area contributed by atoms with Gasteiger partial charge in [-0.3, -0.25) is 0 Å². The summed E-state index contributed by atoms with van der Waals surface area (Å²) >= 11 is 5.87. The Labute approximate surface area is 95.2 Å². The first-order chi connectivity index (χ1) is 6.12. The van der Waals surface area contributed by atoms with Gasteiger partial charge in [0.15, 0.2) is 0 Å². The van der Waals surface area contributed by atoms with Crippen LogP contribution >= 0.6 is 24.0 Å². The minimum absolute atomic E-state index is 0. The number of rotatable bonds is 1. The minimum Gasteiger partial charge on any atom is -0.319 e. The molecule has 0 aliphatic carbocycles. The van der Waals surface area contributed by atoms with Crippen molar-refractivity contribution in [3.63, 3.8) is 0 Å². The molecule has 0 atom stereocenters. The molecule has 1 aliphatic rings. The van der Waals surface area contributed by atoms with Crippen molar-refractivity contribution in [3.05, 3.63) is 34.3 Å². The van der Waals surface area contributed by atoms with Crippen LogP contribution in [0.3, 0.4) is 0 Å². The van der Waals surface area contributed by atoms with E-state index in [0.717, 1.165) is 18.1 Å². The van der Waals surface area contributed by atoms with E-state index in [-0.39, 0.29) is 17.9 Å². The standard InChI is InChI=1S/C10H13ClN2.ClH/c1-7-4-8(11)2-3-9(7)10(12)5-13-6-10;/h2-4,13H,5-6,12H2,1H3;1H. The van der Waals surface area contributed by atoms with Gasteiger partial charge in [-0.05, 0) is 30.2 Å². The lowest BCUT2D eigenvalue weighted by molar-refractivity contribution is 0.286. The summed E-state index contributed by atoms with van der Waals surface area (Å²) in [6.07, 6.45) is 0. The molecule has 2 rings (SSSR count). The molecule has 1 fully saturated rings. The Bertz CT molecular complexity index is 335. The second kappa shape index (κ2) is 4.07. The fraction of sp³-hybridized carbons (Fsp3) is 0.400. The summed E-state index contributed by atoms with van der Waals surface area (Å²) < 4.78 is 0. The fourth-order valence-electron chi connectivity index (χ4n) is 1.77. The van der Waals surface area contributed by atoms with Gasteiger partial charge in [-0.2, -0.15) is 0 Å². The van der Waals surface area contributed by atoms with Crippen molar-refractivity contribution in [2.24, 2.45) is 5.73 Å². The minimum atomic E-state index is -0.172. The van der Waals surface area contributed by atoms with Crippen LogP contribution in [0, 0.1) is 6.92 Å². The summed E-state index contributed by atoms with van der Waals surface area (Å²) in [7, 11) is 0. The number of hydrogen-bond donors (Lipinski definition) is 2. The van der Waals surface area contributed by atoms with Crippen LogP contribution in [0.4, 0.5) is 0 Å². The van der Waals surface area contributed by atoms with Crippen molar-refractivity contribution in [2.45, 2.75) is 12.5 Å². The van der Waals surface area contributed by atoms with Crippen molar-refractivity contribution in [1.82, 2.24) is 5.32 Å². The topological polar surface area (TPSA) is 38.0 Å². The van der Waals surface area contributed by atoms with Gasteiger partial charge in [0.25, 0.3) is 0 Å². The summed E-state index contributed by atoms with van der Waals surface area (Å²) in [5.41, 5.74) is 8.38. The van der Waals surface area contributed by atoms with Gasteiger partial charge in [-0.1, -0.05) is 17.7 Å². The van der Waals surface area contributed by atoms with Gasteiger partial charge >= 0.3 is 0 Å². The highest BCUT2D eigenvalue weighted by Gasteiger charge is 2.35. The van der Waals surface area contributed by atoms with E-state index >= 15 is 0 Å². The van der Waals surface area contributed by atoms with Crippen LogP contribution in [0.1, 0.15) is 11.1 Å². The monoisotopic (exact) mass is 232 g/mol. The Kier molecular flexibility index (Phi) is 3.43. The third-order valence-corrected chi connectivity index (χ3v) is 2.84. The van der Waals surface area contributed by atoms with Crippen LogP contribution in [0.15, 0.2) is 18.2 Å². The quantitative estimate of drug-likeness (QED) is 0.776. The molecular formula is C10H14Cl2N2. The summed E-state index contributed by atoms with van der Waals surface area (Å²) in [4.78, 5) is 0. The fourth-order valence-corrected chi connectivity index (χ4v) is 2.00. The average molecular weight is 233 g/mol. The molecule has 0 radical (unpaired) electrons. The number of benzene rings is 1. The molecule has 0 aromatic heterocycles. The molecule has 0 saturated carbocycles. The zero-order valence-electron chi connectivity index (χ0n) is 8.01. The number of halogens is 2. The van der Waals surface area contributed by atoms with Gasteiger partial charge in [0.1, 0.15) is 0 Å². The Hall–Kier alpha value is -0.280. The first-order valence-corrected chi connectivity index (χ1v) is 4.76. The van der Waals surface area contributed by atoms with Crippen molar-refractivity contribution >= 4 is 24.0 Å². The predicted molar refractivity (Wildman–Crippen MR) is 62.2 cm³/mol. The molecule has 0 bridgehead atoms. The third-order valence-electron chi connectivity index (χ3n) is 2.61. The van der Waals surface area contributed by atoms with E-state index in [1.54, 1.807) is 0 Å². The third kappa shape index (κ3) is 1.89. The molecule has 1 aromatic carbocycles. The second-order valence-electron chi connectivity index (χ2n) is 3.72. The van der Waals surface area contributed by atoms with E-state index in [1.165, 1.54) is 11.1 Å². The second-order valence-corrected chi connectivity index (χ2v) is 4.16. The Morgan fingerprint density at radius 3 is 2.50 bits per heavy atom. The van der Waals surface area contributed by atoms with E-state index in [9.17, 15) is 0 Å². The molecule has 14 heavy (non-hydrogen) atoms. The van der Waals surface area contributed by atoms with Gasteiger partial charge in [0.05, 0.1) is 5.54 Å². The van der Waals surface area contributed by atoms with E-state index in [0.29, 0.717) is 0 Å². The zero-order chi connectivity index (χ0) is 9.47. The highest BCUT2D eigenvalue weighted by atomic mass is 35.5. The number of nitrogens with one attached hydrogen (secondary N) is 1. The van der Waals surface area contributed by atoms with E-state index in [4.69, 9.17) is 17.3 Å². The highest BCUT2D eigenvalue weighted by Crippen LogP contribution is 2.27. The van der Waals surface area contributed by atoms with Gasteiger partial charge < -0.3 is 11.1 Å². The van der Waals surface area contributed by atoms with Crippen LogP contribution in [0.25, 0.3) is 0 Å². The van der Waals surface area contributed by atoms with Crippen molar-refractivity contribution in [3.8, 4) is 0 Å². The summed E-state index contributed by atoms with van der Waals surface area (Å²) in [6.45, 7) is 3.76. The molecule has 1 saturated heterocycles. The van der Waals surface area contributed by atoms with Crippen LogP contribution in [-0.4, -0.2) is 13.1 Å². The highest BCUT2D eigenvalue weighted by molar-refractivity contribution is 6.30. The SMILES string of the molecule is Cc1cc(Cl)ccc1C1(N)CNC1.Cl. The first-order valence-electron chi connectivity index (χ1n) is 4.38. The summed E-state index contributed by atoms with van der Waals surface area (Å²) in [6, 6.07) is 5.89. The molecule has 4 heteroatoms. The smallest absolute Gasteiger partial charge is 0.0664 e. The molecule has 1 aromatic rings. The molecule has 0 unspecified atom stereocenters. The predicted octanol–water partition coefficient (Wildman–Crippen LogP) is 1.83. The largest absolute Gasteiger partial charge is 0.319 e. The van der Waals surface area contributed by atoms with Gasteiger partial charge in [0.2, 0.25) is 0 Å². The lowest BCUT2D eigenvalue weighted by atomic mass is 9.83. The molecular weight excluding hydrogens is 219 g/mol. The normalized spacial score (nSPS) is 18.2. The van der Waals surface area contributed by atoms with Gasteiger partial charge in [-0.15, -0.1) is 12.4 Å². The van der Waals surface area contributed by atoms with Crippen molar-refractivity contribution in [1.29, 1.82) is 0 Å². The van der Waals surface area contributed by atoms with E-state index in [2.05, 4.69) is 5.32 Å². The molecule has 1 aliphatic heterocycles. The lowest BCUT2D eigenvalue weighted by Gasteiger charge is -2.40. The maximum absolute atomic E-state index is 6.17. The Balaban J connectivity index is 0.000000980. The molecule has 0 spiro atoms. The molecule has 3 N–H and O–H groups in total.